The molecule has 0 aliphatic rings. The van der Waals surface area contributed by atoms with Crippen molar-refractivity contribution in [2.75, 3.05) is 10.0 Å². The standard InChI is InChI=1S/C22H22Cl2N4O3S/c1-14(19-3-2-4-20(23)21(19)24)26-22(29)27-16-9-11-18(12-10-16)32(30,31)28-17-7-5-15(13-25)6-8-17/h2-12,14,28H,13,25H2,1H3,(H2,26,27,29)/t14-/m0/s1. The lowest BCUT2D eigenvalue weighted by molar-refractivity contribution is 0.249. The number of halogens is 2. The number of amides is 2. The highest BCUT2D eigenvalue weighted by Crippen LogP contribution is 2.29. The van der Waals surface area contributed by atoms with Gasteiger partial charge in [0.1, 0.15) is 0 Å². The minimum atomic E-state index is -3.78. The van der Waals surface area contributed by atoms with Gasteiger partial charge in [-0.25, -0.2) is 13.2 Å². The van der Waals surface area contributed by atoms with Gasteiger partial charge in [-0.3, -0.25) is 4.72 Å². The molecule has 0 aliphatic carbocycles. The van der Waals surface area contributed by atoms with Crippen LogP contribution in [0.15, 0.2) is 71.6 Å². The highest BCUT2D eigenvalue weighted by Gasteiger charge is 2.16. The summed E-state index contributed by atoms with van der Waals surface area (Å²) >= 11 is 12.2. The molecule has 3 aromatic rings. The van der Waals surface area contributed by atoms with Crippen molar-refractivity contribution in [3.05, 3.63) is 87.9 Å². The van der Waals surface area contributed by atoms with Crippen LogP contribution < -0.4 is 21.1 Å². The molecule has 0 bridgehead atoms. The largest absolute Gasteiger partial charge is 0.331 e. The molecule has 5 N–H and O–H groups in total. The lowest BCUT2D eigenvalue weighted by Gasteiger charge is -2.17. The maximum Gasteiger partial charge on any atom is 0.319 e. The molecule has 3 rings (SSSR count). The first-order valence-electron chi connectivity index (χ1n) is 9.63. The average molecular weight is 493 g/mol. The molecule has 0 saturated carbocycles. The topological polar surface area (TPSA) is 113 Å². The Balaban J connectivity index is 1.63. The monoisotopic (exact) mass is 492 g/mol. The number of rotatable bonds is 7. The van der Waals surface area contributed by atoms with Gasteiger partial charge in [0.15, 0.2) is 0 Å². The van der Waals surface area contributed by atoms with Crippen molar-refractivity contribution in [2.45, 2.75) is 24.4 Å². The first-order chi connectivity index (χ1) is 15.2. The van der Waals surface area contributed by atoms with Gasteiger partial charge < -0.3 is 16.4 Å². The Labute approximate surface area is 197 Å². The van der Waals surface area contributed by atoms with Crippen LogP contribution >= 0.6 is 23.2 Å². The molecule has 2 amide bonds. The number of benzene rings is 3. The van der Waals surface area contributed by atoms with E-state index < -0.39 is 22.1 Å². The molecule has 0 aromatic heterocycles. The minimum Gasteiger partial charge on any atom is -0.331 e. The number of hydrogen-bond donors (Lipinski definition) is 4. The van der Waals surface area contributed by atoms with E-state index in [2.05, 4.69) is 15.4 Å². The average Bonchev–Trinajstić information content (AvgIpc) is 2.76. The number of carbonyl (C=O) groups is 1. The smallest absolute Gasteiger partial charge is 0.319 e. The first-order valence-corrected chi connectivity index (χ1v) is 11.9. The van der Waals surface area contributed by atoms with Crippen LogP contribution in [0.3, 0.4) is 0 Å². The van der Waals surface area contributed by atoms with Gasteiger partial charge >= 0.3 is 6.03 Å². The summed E-state index contributed by atoms with van der Waals surface area (Å²) in [5.74, 6) is 0. The van der Waals surface area contributed by atoms with E-state index in [0.29, 0.717) is 33.5 Å². The van der Waals surface area contributed by atoms with Crippen LogP contribution in [0.25, 0.3) is 0 Å². The quantitative estimate of drug-likeness (QED) is 0.365. The van der Waals surface area contributed by atoms with E-state index in [4.69, 9.17) is 28.9 Å². The second-order valence-electron chi connectivity index (χ2n) is 6.99. The van der Waals surface area contributed by atoms with Crippen LogP contribution in [0.4, 0.5) is 16.2 Å². The number of sulfonamides is 1. The van der Waals surface area contributed by atoms with Crippen molar-refractivity contribution >= 4 is 50.6 Å². The van der Waals surface area contributed by atoms with Crippen LogP contribution in [0.2, 0.25) is 10.0 Å². The van der Waals surface area contributed by atoms with Crippen molar-refractivity contribution in [1.82, 2.24) is 5.32 Å². The highest BCUT2D eigenvalue weighted by molar-refractivity contribution is 7.92. The van der Waals surface area contributed by atoms with E-state index in [1.165, 1.54) is 24.3 Å². The van der Waals surface area contributed by atoms with Crippen molar-refractivity contribution in [1.29, 1.82) is 0 Å². The summed E-state index contributed by atoms with van der Waals surface area (Å²) in [5, 5.41) is 6.21. The molecule has 0 unspecified atom stereocenters. The second-order valence-corrected chi connectivity index (χ2v) is 9.46. The summed E-state index contributed by atoms with van der Waals surface area (Å²) < 4.78 is 27.7. The molecule has 7 nitrogen and oxygen atoms in total. The summed E-state index contributed by atoms with van der Waals surface area (Å²) in [6, 6.07) is 16.9. The Morgan fingerprint density at radius 1 is 0.969 bits per heavy atom. The molecule has 0 spiro atoms. The van der Waals surface area contributed by atoms with Crippen molar-refractivity contribution in [3.8, 4) is 0 Å². The Morgan fingerprint density at radius 2 is 1.59 bits per heavy atom. The number of urea groups is 1. The van der Waals surface area contributed by atoms with Crippen LogP contribution in [0.5, 0.6) is 0 Å². The summed E-state index contributed by atoms with van der Waals surface area (Å²) in [7, 11) is -3.78. The third-order valence-electron chi connectivity index (χ3n) is 4.66. The van der Waals surface area contributed by atoms with E-state index in [1.54, 1.807) is 49.4 Å². The number of nitrogens with two attached hydrogens (primary N) is 1. The molecule has 3 aromatic carbocycles. The van der Waals surface area contributed by atoms with Gasteiger partial charge in [-0.1, -0.05) is 47.5 Å². The van der Waals surface area contributed by atoms with Crippen molar-refractivity contribution in [2.24, 2.45) is 5.73 Å². The van der Waals surface area contributed by atoms with E-state index in [1.807, 2.05) is 0 Å². The number of hydrogen-bond acceptors (Lipinski definition) is 4. The summed E-state index contributed by atoms with van der Waals surface area (Å²) in [6.07, 6.45) is 0. The SMILES string of the molecule is C[C@H](NC(=O)Nc1ccc(S(=O)(=O)Nc2ccc(CN)cc2)cc1)c1cccc(Cl)c1Cl. The van der Waals surface area contributed by atoms with Gasteiger partial charge in [0.2, 0.25) is 0 Å². The van der Waals surface area contributed by atoms with E-state index in [0.717, 1.165) is 5.56 Å². The van der Waals surface area contributed by atoms with Crippen LogP contribution in [-0.4, -0.2) is 14.4 Å². The molecular weight excluding hydrogens is 471 g/mol. The molecule has 0 heterocycles. The molecule has 0 aliphatic heterocycles. The van der Waals surface area contributed by atoms with Crippen molar-refractivity contribution in [3.63, 3.8) is 0 Å². The molecule has 0 radical (unpaired) electrons. The zero-order valence-electron chi connectivity index (χ0n) is 17.1. The van der Waals surface area contributed by atoms with Gasteiger partial charge in [-0.2, -0.15) is 0 Å². The van der Waals surface area contributed by atoms with Gasteiger partial charge in [-0.05, 0) is 60.5 Å². The van der Waals surface area contributed by atoms with E-state index >= 15 is 0 Å². The predicted octanol–water partition coefficient (Wildman–Crippen LogP) is 5.14. The number of nitrogens with one attached hydrogen (secondary N) is 3. The fourth-order valence-corrected chi connectivity index (χ4v) is 4.47. The lowest BCUT2D eigenvalue weighted by atomic mass is 10.1. The zero-order valence-corrected chi connectivity index (χ0v) is 19.4. The third-order valence-corrected chi connectivity index (χ3v) is 6.89. The Morgan fingerprint density at radius 3 is 2.22 bits per heavy atom. The predicted molar refractivity (Wildman–Crippen MR) is 129 cm³/mol. The molecule has 32 heavy (non-hydrogen) atoms. The van der Waals surface area contributed by atoms with E-state index in [9.17, 15) is 13.2 Å². The number of carbonyl (C=O) groups excluding carboxylic acids is 1. The zero-order chi connectivity index (χ0) is 23.3. The Hall–Kier alpha value is -2.78. The molecule has 0 fully saturated rings. The summed E-state index contributed by atoms with van der Waals surface area (Å²) in [4.78, 5) is 12.4. The fraction of sp³-hybridized carbons (Fsp3) is 0.136. The Kier molecular flexibility index (Phi) is 7.63. The molecule has 1 atom stereocenters. The van der Waals surface area contributed by atoms with Gasteiger partial charge in [0.25, 0.3) is 10.0 Å². The van der Waals surface area contributed by atoms with Gasteiger partial charge in [0.05, 0.1) is 21.0 Å². The maximum absolute atomic E-state index is 12.6. The molecule has 168 valence electrons. The third kappa shape index (κ3) is 5.92. The van der Waals surface area contributed by atoms with Crippen molar-refractivity contribution < 1.29 is 13.2 Å². The Bertz CT molecular complexity index is 1200. The van der Waals surface area contributed by atoms with Gasteiger partial charge in [0, 0.05) is 17.9 Å². The minimum absolute atomic E-state index is 0.0606. The van der Waals surface area contributed by atoms with Gasteiger partial charge in [-0.15, -0.1) is 0 Å². The van der Waals surface area contributed by atoms with E-state index in [-0.39, 0.29) is 4.90 Å². The van der Waals surface area contributed by atoms with Crippen LogP contribution in [-0.2, 0) is 16.6 Å². The maximum atomic E-state index is 12.6. The number of anilines is 2. The highest BCUT2D eigenvalue weighted by atomic mass is 35.5. The summed E-state index contributed by atoms with van der Waals surface area (Å²) in [5.41, 5.74) is 7.99. The fourth-order valence-electron chi connectivity index (χ4n) is 2.94. The van der Waals surface area contributed by atoms with Crippen LogP contribution in [0, 0.1) is 0 Å². The lowest BCUT2D eigenvalue weighted by Crippen LogP contribution is -2.31. The summed E-state index contributed by atoms with van der Waals surface area (Å²) in [6.45, 7) is 2.15. The first kappa shape index (κ1) is 23.9. The van der Waals surface area contributed by atoms with Crippen LogP contribution in [0.1, 0.15) is 24.1 Å². The molecule has 10 heteroatoms. The second kappa shape index (κ2) is 10.2. The molecular formula is C22H22Cl2N4O3S. The molecule has 0 saturated heterocycles. The normalized spacial score (nSPS) is 12.1.